The lowest BCUT2D eigenvalue weighted by Crippen LogP contribution is -2.61. The third kappa shape index (κ3) is 2.15. The van der Waals surface area contributed by atoms with Gasteiger partial charge in [0.15, 0.2) is 0 Å². The molecule has 0 spiro atoms. The second-order valence-corrected chi connectivity index (χ2v) is 6.84. The molecule has 19 heavy (non-hydrogen) atoms. The lowest BCUT2D eigenvalue weighted by molar-refractivity contribution is -0.159. The Morgan fingerprint density at radius 1 is 1.37 bits per heavy atom. The first-order valence-corrected chi connectivity index (χ1v) is 7.62. The van der Waals surface area contributed by atoms with E-state index in [-0.39, 0.29) is 23.9 Å². The number of hydrogen-bond donors (Lipinski definition) is 0. The second-order valence-electron chi connectivity index (χ2n) is 5.04. The van der Waals surface area contributed by atoms with Crippen LogP contribution in [0.1, 0.15) is 24.6 Å². The van der Waals surface area contributed by atoms with Crippen molar-refractivity contribution >= 4 is 34.8 Å². The van der Waals surface area contributed by atoms with Crippen LogP contribution in [0.4, 0.5) is 0 Å². The van der Waals surface area contributed by atoms with Crippen LogP contribution in [0.2, 0.25) is 4.34 Å². The maximum absolute atomic E-state index is 12.5. The van der Waals surface area contributed by atoms with Crippen LogP contribution in [-0.2, 0) is 16.1 Å². The third-order valence-electron chi connectivity index (χ3n) is 3.88. The minimum atomic E-state index is -0.372. The van der Waals surface area contributed by atoms with Crippen LogP contribution in [-0.4, -0.2) is 40.2 Å². The van der Waals surface area contributed by atoms with Crippen molar-refractivity contribution in [1.82, 2.24) is 9.80 Å². The molecule has 2 aliphatic heterocycles. The molecule has 2 saturated heterocycles. The van der Waals surface area contributed by atoms with Gasteiger partial charge in [-0.3, -0.25) is 9.59 Å². The summed E-state index contributed by atoms with van der Waals surface area (Å²) in [4.78, 5) is 29.2. The van der Waals surface area contributed by atoms with Gasteiger partial charge in [-0.05, 0) is 31.9 Å². The van der Waals surface area contributed by atoms with E-state index in [0.717, 1.165) is 24.3 Å². The van der Waals surface area contributed by atoms with E-state index in [4.69, 9.17) is 11.6 Å². The monoisotopic (exact) mass is 298 g/mol. The van der Waals surface area contributed by atoms with E-state index in [9.17, 15) is 9.59 Å². The second kappa shape index (κ2) is 4.80. The van der Waals surface area contributed by atoms with Gasteiger partial charge in [0, 0.05) is 11.4 Å². The fraction of sp³-hybridized carbons (Fsp3) is 0.538. The molecular weight excluding hydrogens is 284 g/mol. The van der Waals surface area contributed by atoms with Gasteiger partial charge >= 0.3 is 0 Å². The molecule has 1 aromatic rings. The molecule has 2 amide bonds. The summed E-state index contributed by atoms with van der Waals surface area (Å²) in [6, 6.07) is 3.13. The fourth-order valence-corrected chi connectivity index (χ4v) is 3.95. The van der Waals surface area contributed by atoms with E-state index < -0.39 is 0 Å². The number of thiophene rings is 1. The predicted octanol–water partition coefficient (Wildman–Crippen LogP) is 2.12. The van der Waals surface area contributed by atoms with Gasteiger partial charge in [0.05, 0.1) is 10.9 Å². The SMILES string of the molecule is CC1C(=O)N2CCCC2C(=O)N1Cc1ccc(Cl)s1. The molecule has 0 aromatic carbocycles. The molecule has 102 valence electrons. The summed E-state index contributed by atoms with van der Waals surface area (Å²) < 4.78 is 0.709. The molecule has 2 atom stereocenters. The number of hydrogen-bond acceptors (Lipinski definition) is 3. The Labute approximate surface area is 120 Å². The fourth-order valence-electron chi connectivity index (χ4n) is 2.86. The molecule has 2 unspecified atom stereocenters. The zero-order valence-corrected chi connectivity index (χ0v) is 12.2. The van der Waals surface area contributed by atoms with Crippen LogP contribution in [0.3, 0.4) is 0 Å². The zero-order chi connectivity index (χ0) is 13.6. The first-order valence-electron chi connectivity index (χ1n) is 6.43. The van der Waals surface area contributed by atoms with Gasteiger partial charge in [0.1, 0.15) is 12.1 Å². The van der Waals surface area contributed by atoms with Crippen LogP contribution < -0.4 is 0 Å². The number of rotatable bonds is 2. The van der Waals surface area contributed by atoms with Gasteiger partial charge in [0.25, 0.3) is 0 Å². The maximum atomic E-state index is 12.5. The molecule has 2 fully saturated rings. The van der Waals surface area contributed by atoms with Crippen LogP contribution >= 0.6 is 22.9 Å². The van der Waals surface area contributed by atoms with Gasteiger partial charge in [-0.2, -0.15) is 0 Å². The van der Waals surface area contributed by atoms with E-state index in [1.165, 1.54) is 11.3 Å². The van der Waals surface area contributed by atoms with Crippen molar-refractivity contribution in [1.29, 1.82) is 0 Å². The topological polar surface area (TPSA) is 40.6 Å². The predicted molar refractivity (Wildman–Crippen MR) is 74.1 cm³/mol. The number of halogens is 1. The molecule has 2 aliphatic rings. The summed E-state index contributed by atoms with van der Waals surface area (Å²) in [5.74, 6) is 0.152. The highest BCUT2D eigenvalue weighted by Crippen LogP contribution is 2.30. The molecule has 0 bridgehead atoms. The van der Waals surface area contributed by atoms with E-state index in [2.05, 4.69) is 0 Å². The van der Waals surface area contributed by atoms with Crippen LogP contribution in [0.15, 0.2) is 12.1 Å². The van der Waals surface area contributed by atoms with Crippen molar-refractivity contribution < 1.29 is 9.59 Å². The van der Waals surface area contributed by atoms with Crippen LogP contribution in [0, 0.1) is 0 Å². The van der Waals surface area contributed by atoms with Gasteiger partial charge in [-0.25, -0.2) is 0 Å². The summed E-state index contributed by atoms with van der Waals surface area (Å²) in [6.07, 6.45) is 1.71. The Hall–Kier alpha value is -1.07. The van der Waals surface area contributed by atoms with Crippen LogP contribution in [0.25, 0.3) is 0 Å². The summed E-state index contributed by atoms with van der Waals surface area (Å²) in [5.41, 5.74) is 0. The van der Waals surface area contributed by atoms with Crippen LogP contribution in [0.5, 0.6) is 0 Å². The van der Waals surface area contributed by atoms with Gasteiger partial charge in [-0.15, -0.1) is 11.3 Å². The average molecular weight is 299 g/mol. The van der Waals surface area contributed by atoms with Crippen molar-refractivity contribution in [3.63, 3.8) is 0 Å². The van der Waals surface area contributed by atoms with Gasteiger partial charge in [-0.1, -0.05) is 11.6 Å². The summed E-state index contributed by atoms with van der Waals surface area (Å²) in [5, 5.41) is 0. The maximum Gasteiger partial charge on any atom is 0.246 e. The minimum absolute atomic E-state index is 0.0738. The Balaban J connectivity index is 1.83. The Kier molecular flexibility index (Phi) is 3.27. The first-order chi connectivity index (χ1) is 9.08. The molecule has 1 aromatic heterocycles. The number of carbonyl (C=O) groups excluding carboxylic acids is 2. The van der Waals surface area contributed by atoms with Crippen molar-refractivity contribution in [2.75, 3.05) is 6.54 Å². The minimum Gasteiger partial charge on any atom is -0.329 e. The molecule has 3 heterocycles. The molecule has 4 nitrogen and oxygen atoms in total. The number of nitrogens with zero attached hydrogens (tertiary/aromatic N) is 2. The van der Waals surface area contributed by atoms with Gasteiger partial charge < -0.3 is 9.80 Å². The quantitative estimate of drug-likeness (QED) is 0.839. The molecule has 3 rings (SSSR count). The Morgan fingerprint density at radius 3 is 2.84 bits per heavy atom. The third-order valence-corrected chi connectivity index (χ3v) is 5.10. The number of carbonyl (C=O) groups is 2. The highest BCUT2D eigenvalue weighted by Gasteiger charge is 2.45. The smallest absolute Gasteiger partial charge is 0.246 e. The lowest BCUT2D eigenvalue weighted by atomic mass is 10.1. The standard InChI is InChI=1S/C13H15ClN2O2S/c1-8-12(17)15-6-2-3-10(15)13(18)16(8)7-9-4-5-11(14)19-9/h4-5,8,10H,2-3,6-7H2,1H3. The highest BCUT2D eigenvalue weighted by molar-refractivity contribution is 7.16. The lowest BCUT2D eigenvalue weighted by Gasteiger charge is -2.40. The van der Waals surface area contributed by atoms with E-state index in [1.807, 2.05) is 19.1 Å². The van der Waals surface area contributed by atoms with E-state index in [0.29, 0.717) is 10.9 Å². The highest BCUT2D eigenvalue weighted by atomic mass is 35.5. The summed E-state index contributed by atoms with van der Waals surface area (Å²) in [7, 11) is 0. The Bertz CT molecular complexity index is 530. The van der Waals surface area contributed by atoms with Gasteiger partial charge in [0.2, 0.25) is 11.8 Å². The van der Waals surface area contributed by atoms with Crippen molar-refractivity contribution in [2.24, 2.45) is 0 Å². The summed E-state index contributed by atoms with van der Waals surface area (Å²) in [6.45, 7) is 3.01. The largest absolute Gasteiger partial charge is 0.329 e. The summed E-state index contributed by atoms with van der Waals surface area (Å²) >= 11 is 7.37. The zero-order valence-electron chi connectivity index (χ0n) is 10.6. The van der Waals surface area contributed by atoms with E-state index >= 15 is 0 Å². The molecule has 0 N–H and O–H groups in total. The first kappa shape index (κ1) is 12.9. The average Bonchev–Trinajstić information content (AvgIpc) is 3.01. The molecule has 0 radical (unpaired) electrons. The number of fused-ring (bicyclic) bond motifs is 1. The molecular formula is C13H15ClN2O2S. The Morgan fingerprint density at radius 2 is 2.16 bits per heavy atom. The molecule has 0 aliphatic carbocycles. The molecule has 0 saturated carbocycles. The van der Waals surface area contributed by atoms with E-state index in [1.54, 1.807) is 9.80 Å². The van der Waals surface area contributed by atoms with Crippen molar-refractivity contribution in [2.45, 2.75) is 38.4 Å². The number of piperazine rings is 1. The molecule has 6 heteroatoms. The van der Waals surface area contributed by atoms with Crippen molar-refractivity contribution in [3.05, 3.63) is 21.3 Å². The normalized spacial score (nSPS) is 27.1. The number of amides is 2. The van der Waals surface area contributed by atoms with Crippen molar-refractivity contribution in [3.8, 4) is 0 Å².